The molecular weight excluding hydrogens is 238 g/mol. The smallest absolute Gasteiger partial charge is 0.339 e. The van der Waals surface area contributed by atoms with Gasteiger partial charge in [-0.1, -0.05) is 6.08 Å². The number of carbonyl (C=O) groups is 1. The number of carboxylic acid groups (broad SMARTS) is 1. The van der Waals surface area contributed by atoms with E-state index in [0.29, 0.717) is 6.42 Å². The van der Waals surface area contributed by atoms with Crippen LogP contribution in [0.2, 0.25) is 0 Å². The summed E-state index contributed by atoms with van der Waals surface area (Å²) in [5, 5.41) is 19.6. The average molecular weight is 251 g/mol. The standard InChI is InChI=1S/C12H13NO5/c1-3-4-8(2)18-11-6-5-9(13(16)17)7-10(11)12(14)15/h3,5-8H,1,4H2,2H3,(H,14,15)/t8-/m1/s1. The fourth-order valence-electron chi connectivity index (χ4n) is 1.40. The number of hydrogen-bond acceptors (Lipinski definition) is 4. The quantitative estimate of drug-likeness (QED) is 0.477. The molecule has 1 rings (SSSR count). The van der Waals surface area contributed by atoms with Gasteiger partial charge in [-0.2, -0.15) is 0 Å². The molecule has 0 spiro atoms. The van der Waals surface area contributed by atoms with Crippen LogP contribution in [0, 0.1) is 10.1 Å². The van der Waals surface area contributed by atoms with Gasteiger partial charge in [0.2, 0.25) is 0 Å². The Balaban J connectivity index is 3.07. The SMILES string of the molecule is C=CC[C@@H](C)Oc1ccc([N+](=O)[O-])cc1C(=O)O. The van der Waals surface area contributed by atoms with Crippen LogP contribution in [0.4, 0.5) is 5.69 Å². The van der Waals surface area contributed by atoms with Crippen molar-refractivity contribution in [2.75, 3.05) is 0 Å². The lowest BCUT2D eigenvalue weighted by molar-refractivity contribution is -0.384. The molecule has 0 heterocycles. The van der Waals surface area contributed by atoms with E-state index in [1.54, 1.807) is 13.0 Å². The molecule has 0 aliphatic rings. The van der Waals surface area contributed by atoms with Gasteiger partial charge in [0.1, 0.15) is 11.3 Å². The largest absolute Gasteiger partial charge is 0.489 e. The topological polar surface area (TPSA) is 89.7 Å². The van der Waals surface area contributed by atoms with Gasteiger partial charge in [-0.05, 0) is 13.0 Å². The van der Waals surface area contributed by atoms with Crippen molar-refractivity contribution in [3.63, 3.8) is 0 Å². The number of benzene rings is 1. The molecule has 1 aromatic carbocycles. The molecule has 1 aromatic rings. The highest BCUT2D eigenvalue weighted by Crippen LogP contribution is 2.25. The Bertz CT molecular complexity index is 483. The molecule has 0 aliphatic heterocycles. The van der Waals surface area contributed by atoms with E-state index in [2.05, 4.69) is 6.58 Å². The summed E-state index contributed by atoms with van der Waals surface area (Å²) in [6.45, 7) is 5.31. The van der Waals surface area contributed by atoms with Crippen LogP contribution >= 0.6 is 0 Å². The van der Waals surface area contributed by atoms with E-state index in [9.17, 15) is 14.9 Å². The van der Waals surface area contributed by atoms with E-state index >= 15 is 0 Å². The molecule has 0 aliphatic carbocycles. The molecule has 0 amide bonds. The van der Waals surface area contributed by atoms with Crippen LogP contribution in [0.25, 0.3) is 0 Å². The van der Waals surface area contributed by atoms with E-state index in [1.165, 1.54) is 12.1 Å². The molecule has 6 heteroatoms. The Kier molecular flexibility index (Phi) is 4.42. The predicted octanol–water partition coefficient (Wildman–Crippen LogP) is 2.64. The van der Waals surface area contributed by atoms with Crippen molar-refractivity contribution in [3.05, 3.63) is 46.5 Å². The average Bonchev–Trinajstić information content (AvgIpc) is 2.29. The van der Waals surface area contributed by atoms with Crippen molar-refractivity contribution in [1.82, 2.24) is 0 Å². The first-order valence-electron chi connectivity index (χ1n) is 5.25. The molecule has 0 saturated carbocycles. The maximum Gasteiger partial charge on any atom is 0.339 e. The summed E-state index contributed by atoms with van der Waals surface area (Å²) in [6.07, 6.45) is 1.95. The zero-order chi connectivity index (χ0) is 13.7. The highest BCUT2D eigenvalue weighted by Gasteiger charge is 2.18. The lowest BCUT2D eigenvalue weighted by atomic mass is 10.1. The number of nitro groups is 1. The third-order valence-electron chi connectivity index (χ3n) is 2.23. The lowest BCUT2D eigenvalue weighted by Gasteiger charge is -2.14. The summed E-state index contributed by atoms with van der Waals surface area (Å²) in [4.78, 5) is 20.9. The molecular formula is C12H13NO5. The monoisotopic (exact) mass is 251 g/mol. The highest BCUT2D eigenvalue weighted by molar-refractivity contribution is 5.91. The summed E-state index contributed by atoms with van der Waals surface area (Å²) >= 11 is 0. The van der Waals surface area contributed by atoms with Gasteiger partial charge in [-0.3, -0.25) is 10.1 Å². The van der Waals surface area contributed by atoms with E-state index in [0.717, 1.165) is 6.07 Å². The number of nitrogens with zero attached hydrogens (tertiary/aromatic N) is 1. The van der Waals surface area contributed by atoms with Crippen molar-refractivity contribution in [2.24, 2.45) is 0 Å². The third kappa shape index (κ3) is 3.31. The number of hydrogen-bond donors (Lipinski definition) is 1. The minimum Gasteiger partial charge on any atom is -0.489 e. The van der Waals surface area contributed by atoms with Crippen LogP contribution < -0.4 is 4.74 Å². The van der Waals surface area contributed by atoms with Gasteiger partial charge in [0.15, 0.2) is 0 Å². The van der Waals surface area contributed by atoms with Gasteiger partial charge in [-0.15, -0.1) is 6.58 Å². The summed E-state index contributed by atoms with van der Waals surface area (Å²) in [7, 11) is 0. The first-order valence-corrected chi connectivity index (χ1v) is 5.25. The minimum atomic E-state index is -1.26. The molecule has 96 valence electrons. The van der Waals surface area contributed by atoms with Gasteiger partial charge in [0.25, 0.3) is 5.69 Å². The second-order valence-electron chi connectivity index (χ2n) is 3.70. The van der Waals surface area contributed by atoms with Gasteiger partial charge >= 0.3 is 5.97 Å². The number of aromatic carboxylic acids is 1. The number of non-ortho nitro benzene ring substituents is 1. The van der Waals surface area contributed by atoms with Gasteiger partial charge in [0.05, 0.1) is 11.0 Å². The maximum atomic E-state index is 11.0. The molecule has 6 nitrogen and oxygen atoms in total. The predicted molar refractivity (Wildman–Crippen MR) is 65.0 cm³/mol. The van der Waals surface area contributed by atoms with Crippen LogP contribution in [0.3, 0.4) is 0 Å². The van der Waals surface area contributed by atoms with E-state index in [4.69, 9.17) is 9.84 Å². The summed E-state index contributed by atoms with van der Waals surface area (Å²) in [6, 6.07) is 3.49. The van der Waals surface area contributed by atoms with Crippen LogP contribution in [0.5, 0.6) is 5.75 Å². The van der Waals surface area contributed by atoms with Gasteiger partial charge in [0, 0.05) is 18.6 Å². The zero-order valence-electron chi connectivity index (χ0n) is 9.83. The Labute approximate surface area is 104 Å². The van der Waals surface area contributed by atoms with Crippen LogP contribution in [-0.4, -0.2) is 22.1 Å². The van der Waals surface area contributed by atoms with Crippen molar-refractivity contribution in [1.29, 1.82) is 0 Å². The molecule has 1 N–H and O–H groups in total. The Morgan fingerprint density at radius 1 is 1.67 bits per heavy atom. The second kappa shape index (κ2) is 5.81. The van der Waals surface area contributed by atoms with Gasteiger partial charge < -0.3 is 9.84 Å². The summed E-state index contributed by atoms with van der Waals surface area (Å²) in [5.74, 6) is -1.15. The van der Waals surface area contributed by atoms with Crippen LogP contribution in [0.15, 0.2) is 30.9 Å². The number of ether oxygens (including phenoxy) is 1. The van der Waals surface area contributed by atoms with Crippen LogP contribution in [-0.2, 0) is 0 Å². The fraction of sp³-hybridized carbons (Fsp3) is 0.250. The van der Waals surface area contributed by atoms with E-state index < -0.39 is 10.9 Å². The molecule has 0 unspecified atom stereocenters. The third-order valence-corrected chi connectivity index (χ3v) is 2.23. The molecule has 0 bridgehead atoms. The van der Waals surface area contributed by atoms with Crippen molar-refractivity contribution < 1.29 is 19.6 Å². The number of nitro benzene ring substituents is 1. The molecule has 0 saturated heterocycles. The molecule has 0 radical (unpaired) electrons. The normalized spacial score (nSPS) is 11.6. The van der Waals surface area contributed by atoms with Crippen molar-refractivity contribution in [3.8, 4) is 5.75 Å². The van der Waals surface area contributed by atoms with E-state index in [-0.39, 0.29) is 23.1 Å². The summed E-state index contributed by atoms with van der Waals surface area (Å²) < 4.78 is 5.41. The Morgan fingerprint density at radius 3 is 2.83 bits per heavy atom. The lowest BCUT2D eigenvalue weighted by Crippen LogP contribution is -2.13. The second-order valence-corrected chi connectivity index (χ2v) is 3.70. The molecule has 1 atom stereocenters. The number of carboxylic acids is 1. The zero-order valence-corrected chi connectivity index (χ0v) is 9.83. The first-order chi connectivity index (χ1) is 8.45. The van der Waals surface area contributed by atoms with Crippen molar-refractivity contribution in [2.45, 2.75) is 19.4 Å². The fourth-order valence-corrected chi connectivity index (χ4v) is 1.40. The van der Waals surface area contributed by atoms with Gasteiger partial charge in [-0.25, -0.2) is 4.79 Å². The molecule has 0 fully saturated rings. The van der Waals surface area contributed by atoms with Crippen molar-refractivity contribution >= 4 is 11.7 Å². The minimum absolute atomic E-state index is 0.113. The maximum absolute atomic E-state index is 11.0. The highest BCUT2D eigenvalue weighted by atomic mass is 16.6. The Morgan fingerprint density at radius 2 is 2.33 bits per heavy atom. The Hall–Kier alpha value is -2.37. The molecule has 0 aromatic heterocycles. The molecule has 18 heavy (non-hydrogen) atoms. The van der Waals surface area contributed by atoms with E-state index in [1.807, 2.05) is 0 Å². The summed E-state index contributed by atoms with van der Waals surface area (Å²) in [5.41, 5.74) is -0.503. The van der Waals surface area contributed by atoms with Crippen LogP contribution in [0.1, 0.15) is 23.7 Å². The first kappa shape index (κ1) is 13.7. The number of rotatable bonds is 6.